The molecule has 0 aromatic heterocycles. The van der Waals surface area contributed by atoms with Crippen molar-refractivity contribution in [3.05, 3.63) is 70.7 Å². The highest BCUT2D eigenvalue weighted by atomic mass is 19.1. The third kappa shape index (κ3) is 4.74. The summed E-state index contributed by atoms with van der Waals surface area (Å²) in [5.74, 6) is -1.01. The standard InChI is InChI=1S/C25H28FN3O3/c1-17-4-9-21(18(2)16-17)22-23(27-20-7-5-19(26)6-8-20)25(31)29(24(22)30)11-3-10-28-12-14-32-15-13-28/h4-9,16,27H,3,10-15H2,1-2H3. The number of benzene rings is 2. The molecule has 1 N–H and O–H groups in total. The van der Waals surface area contributed by atoms with Crippen molar-refractivity contribution in [2.45, 2.75) is 20.3 Å². The average Bonchev–Trinajstić information content (AvgIpc) is 3.00. The Balaban J connectivity index is 1.59. The van der Waals surface area contributed by atoms with Gasteiger partial charge in [0.1, 0.15) is 11.5 Å². The molecular formula is C25H28FN3O3. The molecule has 32 heavy (non-hydrogen) atoms. The van der Waals surface area contributed by atoms with Gasteiger partial charge in [0.25, 0.3) is 11.8 Å². The molecule has 2 aromatic rings. The number of ether oxygens (including phenoxy) is 1. The number of hydrogen-bond acceptors (Lipinski definition) is 5. The Bertz CT molecular complexity index is 1040. The number of carbonyl (C=O) groups excluding carboxylic acids is 2. The fraction of sp³-hybridized carbons (Fsp3) is 0.360. The summed E-state index contributed by atoms with van der Waals surface area (Å²) in [6, 6.07) is 11.6. The number of rotatable bonds is 7. The van der Waals surface area contributed by atoms with Crippen molar-refractivity contribution >= 4 is 23.1 Å². The number of nitrogens with zero attached hydrogens (tertiary/aromatic N) is 2. The Morgan fingerprint density at radius 3 is 2.38 bits per heavy atom. The molecule has 2 aromatic carbocycles. The predicted molar refractivity (Wildman–Crippen MR) is 121 cm³/mol. The minimum atomic E-state index is -0.363. The molecule has 2 heterocycles. The van der Waals surface area contributed by atoms with E-state index < -0.39 is 0 Å². The molecule has 2 aliphatic rings. The van der Waals surface area contributed by atoms with E-state index in [1.54, 1.807) is 12.1 Å². The summed E-state index contributed by atoms with van der Waals surface area (Å²) in [7, 11) is 0. The minimum absolute atomic E-state index is 0.236. The number of carbonyl (C=O) groups is 2. The van der Waals surface area contributed by atoms with Gasteiger partial charge >= 0.3 is 0 Å². The van der Waals surface area contributed by atoms with Crippen LogP contribution in [0.4, 0.5) is 10.1 Å². The van der Waals surface area contributed by atoms with Crippen molar-refractivity contribution in [3.63, 3.8) is 0 Å². The summed E-state index contributed by atoms with van der Waals surface area (Å²) < 4.78 is 18.7. The predicted octanol–water partition coefficient (Wildman–Crippen LogP) is 3.36. The maximum atomic E-state index is 13.4. The lowest BCUT2D eigenvalue weighted by molar-refractivity contribution is -0.136. The van der Waals surface area contributed by atoms with E-state index in [-0.39, 0.29) is 23.3 Å². The zero-order chi connectivity index (χ0) is 22.7. The number of hydrogen-bond donors (Lipinski definition) is 1. The Kier molecular flexibility index (Phi) is 6.67. The quantitative estimate of drug-likeness (QED) is 0.673. The summed E-state index contributed by atoms with van der Waals surface area (Å²) in [5.41, 5.74) is 3.89. The number of anilines is 1. The molecule has 0 radical (unpaired) electrons. The minimum Gasteiger partial charge on any atom is -0.379 e. The number of halogens is 1. The molecule has 2 aliphatic heterocycles. The van der Waals surface area contributed by atoms with Gasteiger partial charge in [0, 0.05) is 31.9 Å². The topological polar surface area (TPSA) is 61.9 Å². The van der Waals surface area contributed by atoms with Crippen LogP contribution in [0, 0.1) is 19.7 Å². The Morgan fingerprint density at radius 1 is 0.969 bits per heavy atom. The van der Waals surface area contributed by atoms with Gasteiger partial charge in [0.05, 0.1) is 18.8 Å². The largest absolute Gasteiger partial charge is 0.379 e. The van der Waals surface area contributed by atoms with Gasteiger partial charge in [-0.15, -0.1) is 0 Å². The zero-order valence-electron chi connectivity index (χ0n) is 18.5. The second kappa shape index (κ2) is 9.63. The molecule has 0 spiro atoms. The third-order valence-electron chi connectivity index (χ3n) is 5.89. The van der Waals surface area contributed by atoms with Crippen LogP contribution in [-0.2, 0) is 14.3 Å². The van der Waals surface area contributed by atoms with E-state index >= 15 is 0 Å². The van der Waals surface area contributed by atoms with Crippen LogP contribution >= 0.6 is 0 Å². The molecule has 4 rings (SSSR count). The van der Waals surface area contributed by atoms with Crippen LogP contribution in [0.3, 0.4) is 0 Å². The molecule has 0 saturated carbocycles. The van der Waals surface area contributed by atoms with Gasteiger partial charge in [-0.25, -0.2) is 4.39 Å². The van der Waals surface area contributed by atoms with Crippen LogP contribution < -0.4 is 5.32 Å². The fourth-order valence-electron chi connectivity index (χ4n) is 4.19. The summed E-state index contributed by atoms with van der Waals surface area (Å²) >= 11 is 0. The monoisotopic (exact) mass is 437 g/mol. The highest BCUT2D eigenvalue weighted by Gasteiger charge is 2.39. The van der Waals surface area contributed by atoms with E-state index in [4.69, 9.17) is 4.74 Å². The van der Waals surface area contributed by atoms with E-state index in [0.717, 1.165) is 36.3 Å². The number of imide groups is 1. The molecule has 0 aliphatic carbocycles. The fourth-order valence-corrected chi connectivity index (χ4v) is 4.19. The number of morpholine rings is 1. The van der Waals surface area contributed by atoms with Crippen molar-refractivity contribution in [2.75, 3.05) is 44.7 Å². The van der Waals surface area contributed by atoms with Crippen molar-refractivity contribution in [2.24, 2.45) is 0 Å². The summed E-state index contributed by atoms with van der Waals surface area (Å²) in [6.45, 7) is 8.23. The molecule has 0 unspecified atom stereocenters. The average molecular weight is 438 g/mol. The molecule has 1 fully saturated rings. The first-order valence-corrected chi connectivity index (χ1v) is 10.9. The first-order chi connectivity index (χ1) is 15.4. The second-order valence-electron chi connectivity index (χ2n) is 8.27. The second-order valence-corrected chi connectivity index (χ2v) is 8.27. The van der Waals surface area contributed by atoms with Crippen molar-refractivity contribution < 1.29 is 18.7 Å². The van der Waals surface area contributed by atoms with E-state index in [2.05, 4.69) is 10.2 Å². The van der Waals surface area contributed by atoms with Gasteiger partial charge in [-0.2, -0.15) is 0 Å². The lowest BCUT2D eigenvalue weighted by Gasteiger charge is -2.27. The Morgan fingerprint density at radius 2 is 1.69 bits per heavy atom. The molecular weight excluding hydrogens is 409 g/mol. The van der Waals surface area contributed by atoms with Gasteiger partial charge in [-0.05, 0) is 55.7 Å². The maximum absolute atomic E-state index is 13.4. The first-order valence-electron chi connectivity index (χ1n) is 10.9. The molecule has 1 saturated heterocycles. The first kappa shape index (κ1) is 22.2. The van der Waals surface area contributed by atoms with Crippen molar-refractivity contribution in [3.8, 4) is 0 Å². The third-order valence-corrected chi connectivity index (χ3v) is 5.89. The molecule has 6 nitrogen and oxygen atoms in total. The highest BCUT2D eigenvalue weighted by molar-refractivity contribution is 6.36. The van der Waals surface area contributed by atoms with Crippen LogP contribution in [0.1, 0.15) is 23.1 Å². The van der Waals surface area contributed by atoms with E-state index in [1.165, 1.54) is 17.0 Å². The van der Waals surface area contributed by atoms with Gasteiger partial charge in [-0.1, -0.05) is 23.8 Å². The smallest absolute Gasteiger partial charge is 0.278 e. The van der Waals surface area contributed by atoms with E-state index in [9.17, 15) is 14.0 Å². The van der Waals surface area contributed by atoms with Crippen LogP contribution in [0.15, 0.2) is 48.2 Å². The summed E-state index contributed by atoms with van der Waals surface area (Å²) in [4.78, 5) is 30.3. The number of amides is 2. The van der Waals surface area contributed by atoms with Gasteiger partial charge in [0.15, 0.2) is 0 Å². The lowest BCUT2D eigenvalue weighted by atomic mass is 9.97. The Labute approximate surface area is 187 Å². The molecule has 168 valence electrons. The molecule has 2 amide bonds. The van der Waals surface area contributed by atoms with Crippen LogP contribution in [0.25, 0.3) is 5.57 Å². The Hall–Kier alpha value is -3.03. The van der Waals surface area contributed by atoms with Crippen LogP contribution in [-0.4, -0.2) is 61.0 Å². The van der Waals surface area contributed by atoms with Gasteiger partial charge in [-0.3, -0.25) is 19.4 Å². The van der Waals surface area contributed by atoms with Crippen molar-refractivity contribution in [1.82, 2.24) is 9.80 Å². The maximum Gasteiger partial charge on any atom is 0.278 e. The van der Waals surface area contributed by atoms with Gasteiger partial charge < -0.3 is 10.1 Å². The zero-order valence-corrected chi connectivity index (χ0v) is 18.5. The lowest BCUT2D eigenvalue weighted by Crippen LogP contribution is -2.39. The molecule has 0 bridgehead atoms. The SMILES string of the molecule is Cc1ccc(C2=C(Nc3ccc(F)cc3)C(=O)N(CCCN3CCOCC3)C2=O)c(C)c1. The molecule has 7 heteroatoms. The van der Waals surface area contributed by atoms with E-state index in [1.807, 2.05) is 32.0 Å². The summed E-state index contributed by atoms with van der Waals surface area (Å²) in [6.07, 6.45) is 0.696. The number of aryl methyl sites for hydroxylation is 2. The van der Waals surface area contributed by atoms with Gasteiger partial charge in [0.2, 0.25) is 0 Å². The molecule has 0 atom stereocenters. The highest BCUT2D eigenvalue weighted by Crippen LogP contribution is 2.32. The number of nitrogens with one attached hydrogen (secondary N) is 1. The normalized spacial score (nSPS) is 17.4. The van der Waals surface area contributed by atoms with Crippen molar-refractivity contribution in [1.29, 1.82) is 0 Å². The van der Waals surface area contributed by atoms with Crippen LogP contribution in [0.5, 0.6) is 0 Å². The van der Waals surface area contributed by atoms with E-state index in [0.29, 0.717) is 37.4 Å². The van der Waals surface area contributed by atoms with Crippen LogP contribution in [0.2, 0.25) is 0 Å². The summed E-state index contributed by atoms with van der Waals surface area (Å²) in [5, 5.41) is 3.08.